The van der Waals surface area contributed by atoms with Crippen LogP contribution in [0.4, 0.5) is 11.4 Å². The SMILES string of the molecule is O=C(CN1CC(=O)Oc2ccccc21)Nc1cc(Cl)c(Cl)cc1Cl. The molecule has 24 heavy (non-hydrogen) atoms. The summed E-state index contributed by atoms with van der Waals surface area (Å²) in [6.07, 6.45) is 0. The van der Waals surface area contributed by atoms with E-state index < -0.39 is 5.97 Å². The van der Waals surface area contributed by atoms with Crippen LogP contribution in [0.3, 0.4) is 0 Å². The summed E-state index contributed by atoms with van der Waals surface area (Å²) in [5.41, 5.74) is 1.02. The molecule has 2 aromatic rings. The minimum atomic E-state index is -0.422. The first-order chi connectivity index (χ1) is 11.4. The second-order valence-corrected chi connectivity index (χ2v) is 6.31. The van der Waals surface area contributed by atoms with E-state index in [9.17, 15) is 9.59 Å². The number of carbonyl (C=O) groups is 2. The number of hydrogen-bond donors (Lipinski definition) is 1. The summed E-state index contributed by atoms with van der Waals surface area (Å²) in [4.78, 5) is 25.6. The number of halogens is 3. The van der Waals surface area contributed by atoms with Crippen LogP contribution >= 0.6 is 34.8 Å². The van der Waals surface area contributed by atoms with Crippen LogP contribution in [0.25, 0.3) is 0 Å². The molecule has 124 valence electrons. The fourth-order valence-corrected chi connectivity index (χ4v) is 2.92. The third-order valence-electron chi connectivity index (χ3n) is 3.37. The number of nitrogens with zero attached hydrogens (tertiary/aromatic N) is 1. The fraction of sp³-hybridized carbons (Fsp3) is 0.125. The Morgan fingerprint density at radius 1 is 1.12 bits per heavy atom. The molecule has 1 heterocycles. The van der Waals surface area contributed by atoms with Gasteiger partial charge in [0.1, 0.15) is 6.54 Å². The molecule has 1 amide bonds. The van der Waals surface area contributed by atoms with Crippen LogP contribution in [-0.2, 0) is 9.59 Å². The Bertz CT molecular complexity index is 826. The summed E-state index contributed by atoms with van der Waals surface area (Å²) < 4.78 is 5.14. The molecule has 0 unspecified atom stereocenters. The Labute approximate surface area is 153 Å². The number of nitrogens with one attached hydrogen (secondary N) is 1. The molecular formula is C16H11Cl3N2O3. The van der Waals surface area contributed by atoms with Crippen LogP contribution in [-0.4, -0.2) is 25.0 Å². The van der Waals surface area contributed by atoms with Crippen LogP contribution < -0.4 is 15.0 Å². The van der Waals surface area contributed by atoms with Gasteiger partial charge in [0.15, 0.2) is 5.75 Å². The zero-order chi connectivity index (χ0) is 17.3. The first-order valence-electron chi connectivity index (χ1n) is 6.93. The highest BCUT2D eigenvalue weighted by Gasteiger charge is 2.25. The molecule has 5 nitrogen and oxygen atoms in total. The number of benzene rings is 2. The first kappa shape index (κ1) is 16.9. The van der Waals surface area contributed by atoms with Gasteiger partial charge in [0.2, 0.25) is 5.91 Å². The number of carbonyl (C=O) groups excluding carboxylic acids is 2. The molecule has 8 heteroatoms. The number of anilines is 2. The number of ether oxygens (including phenoxy) is 1. The second-order valence-electron chi connectivity index (χ2n) is 5.09. The van der Waals surface area contributed by atoms with Gasteiger partial charge in [-0.3, -0.25) is 4.79 Å². The topological polar surface area (TPSA) is 58.6 Å². The van der Waals surface area contributed by atoms with Crippen LogP contribution in [0.1, 0.15) is 0 Å². The molecular weight excluding hydrogens is 375 g/mol. The number of hydrogen-bond acceptors (Lipinski definition) is 4. The van der Waals surface area contributed by atoms with Crippen molar-refractivity contribution in [1.29, 1.82) is 0 Å². The van der Waals surface area contributed by atoms with Gasteiger partial charge in [0.05, 0.1) is 33.0 Å². The van der Waals surface area contributed by atoms with Crippen molar-refractivity contribution >= 4 is 58.1 Å². The average molecular weight is 386 g/mol. The van der Waals surface area contributed by atoms with Crippen LogP contribution in [0, 0.1) is 0 Å². The number of rotatable bonds is 3. The van der Waals surface area contributed by atoms with Crippen LogP contribution in [0.5, 0.6) is 5.75 Å². The monoisotopic (exact) mass is 384 g/mol. The number of para-hydroxylation sites is 2. The Morgan fingerprint density at radius 3 is 2.62 bits per heavy atom. The van der Waals surface area contributed by atoms with E-state index in [-0.39, 0.29) is 29.0 Å². The Balaban J connectivity index is 1.76. The zero-order valence-electron chi connectivity index (χ0n) is 12.2. The predicted molar refractivity (Wildman–Crippen MR) is 94.4 cm³/mol. The van der Waals surface area contributed by atoms with Gasteiger partial charge in [0.25, 0.3) is 0 Å². The third kappa shape index (κ3) is 3.59. The van der Waals surface area contributed by atoms with Crippen molar-refractivity contribution in [2.45, 2.75) is 0 Å². The molecule has 3 rings (SSSR count). The molecule has 1 aliphatic rings. The fourth-order valence-electron chi connectivity index (χ4n) is 2.32. The smallest absolute Gasteiger partial charge is 0.331 e. The summed E-state index contributed by atoms with van der Waals surface area (Å²) >= 11 is 17.8. The van der Waals surface area contributed by atoms with E-state index in [2.05, 4.69) is 5.32 Å². The van der Waals surface area contributed by atoms with Crippen molar-refractivity contribution in [3.05, 3.63) is 51.5 Å². The number of amides is 1. The molecule has 0 saturated carbocycles. The first-order valence-corrected chi connectivity index (χ1v) is 8.06. The molecule has 0 spiro atoms. The lowest BCUT2D eigenvalue weighted by atomic mass is 10.2. The second kappa shape index (κ2) is 6.89. The standard InChI is InChI=1S/C16H11Cl3N2O3/c17-9-5-11(19)12(6-10(9)18)20-15(22)7-21-8-16(23)24-14-4-2-1-3-13(14)21/h1-6H,7-8H2,(H,20,22). The van der Waals surface area contributed by atoms with Gasteiger partial charge < -0.3 is 15.0 Å². The zero-order valence-corrected chi connectivity index (χ0v) is 14.5. The Morgan fingerprint density at radius 2 is 1.83 bits per heavy atom. The normalized spacial score (nSPS) is 13.3. The maximum atomic E-state index is 12.3. The van der Waals surface area contributed by atoms with Gasteiger partial charge in [-0.1, -0.05) is 46.9 Å². The molecule has 0 saturated heterocycles. The third-order valence-corrected chi connectivity index (χ3v) is 4.40. The maximum Gasteiger partial charge on any atom is 0.331 e. The Hall–Kier alpha value is -1.95. The largest absolute Gasteiger partial charge is 0.423 e. The summed E-state index contributed by atoms with van der Waals surface area (Å²) in [7, 11) is 0. The molecule has 0 aromatic heterocycles. The van der Waals surface area contributed by atoms with E-state index in [1.807, 2.05) is 0 Å². The van der Waals surface area contributed by atoms with Gasteiger partial charge in [-0.25, -0.2) is 4.79 Å². The quantitative estimate of drug-likeness (QED) is 0.493. The van der Waals surface area contributed by atoms with Crippen molar-refractivity contribution in [1.82, 2.24) is 0 Å². The van der Waals surface area contributed by atoms with Crippen molar-refractivity contribution in [2.75, 3.05) is 23.3 Å². The molecule has 1 aliphatic heterocycles. The maximum absolute atomic E-state index is 12.3. The molecule has 0 atom stereocenters. The van der Waals surface area contributed by atoms with E-state index in [0.29, 0.717) is 22.1 Å². The van der Waals surface area contributed by atoms with E-state index in [4.69, 9.17) is 39.5 Å². The summed E-state index contributed by atoms with van der Waals surface area (Å²) in [6, 6.07) is 9.94. The minimum absolute atomic E-state index is 0.0143. The highest BCUT2D eigenvalue weighted by atomic mass is 35.5. The predicted octanol–water partition coefficient (Wildman–Crippen LogP) is 4.01. The van der Waals surface area contributed by atoms with Crippen LogP contribution in [0.2, 0.25) is 15.1 Å². The van der Waals surface area contributed by atoms with Crippen molar-refractivity contribution < 1.29 is 14.3 Å². The van der Waals surface area contributed by atoms with Gasteiger partial charge >= 0.3 is 5.97 Å². The highest BCUT2D eigenvalue weighted by Crippen LogP contribution is 2.33. The van der Waals surface area contributed by atoms with Gasteiger partial charge in [0, 0.05) is 0 Å². The van der Waals surface area contributed by atoms with Crippen molar-refractivity contribution in [3.63, 3.8) is 0 Å². The lowest BCUT2D eigenvalue weighted by Gasteiger charge is -2.29. The molecule has 0 radical (unpaired) electrons. The molecule has 0 fully saturated rings. The highest BCUT2D eigenvalue weighted by molar-refractivity contribution is 6.44. The summed E-state index contributed by atoms with van der Waals surface area (Å²) in [5, 5.41) is 3.52. The molecule has 0 bridgehead atoms. The van der Waals surface area contributed by atoms with E-state index >= 15 is 0 Å². The van der Waals surface area contributed by atoms with Crippen LogP contribution in [0.15, 0.2) is 36.4 Å². The van der Waals surface area contributed by atoms with Gasteiger partial charge in [-0.15, -0.1) is 0 Å². The van der Waals surface area contributed by atoms with E-state index in [1.54, 1.807) is 29.2 Å². The Kier molecular flexibility index (Phi) is 4.85. The molecule has 1 N–H and O–H groups in total. The summed E-state index contributed by atoms with van der Waals surface area (Å²) in [6.45, 7) is -0.0533. The lowest BCUT2D eigenvalue weighted by Crippen LogP contribution is -2.41. The number of fused-ring (bicyclic) bond motifs is 1. The molecule has 0 aliphatic carbocycles. The summed E-state index contributed by atoms with van der Waals surface area (Å²) in [5.74, 6) is -0.344. The van der Waals surface area contributed by atoms with E-state index in [0.717, 1.165) is 0 Å². The average Bonchev–Trinajstić information content (AvgIpc) is 2.52. The molecule has 2 aromatic carbocycles. The van der Waals surface area contributed by atoms with E-state index in [1.165, 1.54) is 12.1 Å². The lowest BCUT2D eigenvalue weighted by molar-refractivity contribution is -0.133. The minimum Gasteiger partial charge on any atom is -0.423 e. The van der Waals surface area contributed by atoms with Gasteiger partial charge in [-0.05, 0) is 24.3 Å². The number of esters is 1. The van der Waals surface area contributed by atoms with Gasteiger partial charge in [-0.2, -0.15) is 0 Å². The van der Waals surface area contributed by atoms with Crippen molar-refractivity contribution in [2.24, 2.45) is 0 Å². The van der Waals surface area contributed by atoms with Crippen molar-refractivity contribution in [3.8, 4) is 5.75 Å².